The zero-order valence-electron chi connectivity index (χ0n) is 21.9. The predicted octanol–water partition coefficient (Wildman–Crippen LogP) is 6.39. The van der Waals surface area contributed by atoms with E-state index in [1.807, 2.05) is 30.3 Å². The number of nitrogens with zero attached hydrogens (tertiary/aromatic N) is 1. The number of hydrogen-bond donors (Lipinski definition) is 2. The molecule has 1 aliphatic carbocycles. The number of carbonyl (C=O) groups is 1. The van der Waals surface area contributed by atoms with Gasteiger partial charge in [0.2, 0.25) is 0 Å². The molecule has 1 aliphatic rings. The first-order valence-corrected chi connectivity index (χ1v) is 14.9. The van der Waals surface area contributed by atoms with Crippen LogP contribution in [0.5, 0.6) is 5.75 Å². The highest BCUT2D eigenvalue weighted by Gasteiger charge is 2.28. The van der Waals surface area contributed by atoms with Crippen molar-refractivity contribution < 1.29 is 27.0 Å². The van der Waals surface area contributed by atoms with Gasteiger partial charge in [-0.25, -0.2) is 0 Å². The van der Waals surface area contributed by atoms with Gasteiger partial charge < -0.3 is 14.6 Å². The van der Waals surface area contributed by atoms with Gasteiger partial charge in [0.25, 0.3) is 16.0 Å². The fourth-order valence-electron chi connectivity index (χ4n) is 4.18. The zero-order chi connectivity index (χ0) is 28.2. The Morgan fingerprint density at radius 2 is 1.95 bits per heavy atom. The Morgan fingerprint density at radius 3 is 2.56 bits per heavy atom. The lowest BCUT2D eigenvalue weighted by Crippen LogP contribution is -2.28. The summed E-state index contributed by atoms with van der Waals surface area (Å²) in [6.07, 6.45) is 6.79. The van der Waals surface area contributed by atoms with E-state index in [1.165, 1.54) is 0 Å². The van der Waals surface area contributed by atoms with Gasteiger partial charge in [0.15, 0.2) is 11.9 Å². The number of halogens is 1. The van der Waals surface area contributed by atoms with E-state index in [0.717, 1.165) is 22.0 Å². The van der Waals surface area contributed by atoms with E-state index in [4.69, 9.17) is 13.8 Å². The summed E-state index contributed by atoms with van der Waals surface area (Å²) < 4.78 is 43.6. The molecular weight excluding hydrogens is 584 g/mol. The molecule has 0 radical (unpaired) electrons. The first-order chi connectivity index (χ1) is 18.4. The fraction of sp³-hybridized carbons (Fsp3) is 0.310. The van der Waals surface area contributed by atoms with Gasteiger partial charge in [0.05, 0.1) is 5.75 Å². The molecule has 0 fully saturated rings. The minimum atomic E-state index is -4.15. The lowest BCUT2D eigenvalue weighted by atomic mass is 9.76. The van der Waals surface area contributed by atoms with Crippen molar-refractivity contribution in [2.45, 2.75) is 33.3 Å². The normalized spacial score (nSPS) is 16.4. The number of ether oxygens (including phenoxy) is 1. The van der Waals surface area contributed by atoms with Crippen molar-refractivity contribution >= 4 is 32.0 Å². The Balaban J connectivity index is 1.56. The minimum Gasteiger partial charge on any atom is -0.479 e. The van der Waals surface area contributed by atoms with E-state index in [2.05, 4.69) is 65.4 Å². The summed E-state index contributed by atoms with van der Waals surface area (Å²) in [6, 6.07) is 16.1. The highest BCUT2D eigenvalue weighted by atomic mass is 79.9. The monoisotopic (exact) mass is 614 g/mol. The van der Waals surface area contributed by atoms with Crippen LogP contribution in [0, 0.1) is 11.3 Å². The third-order valence-electron chi connectivity index (χ3n) is 6.47. The van der Waals surface area contributed by atoms with E-state index in [0.29, 0.717) is 28.7 Å². The van der Waals surface area contributed by atoms with Crippen LogP contribution in [0.2, 0.25) is 0 Å². The Kier molecular flexibility index (Phi) is 8.78. The van der Waals surface area contributed by atoms with Crippen molar-refractivity contribution in [3.63, 3.8) is 0 Å². The standard InChI is InChI=1S/C29H31BrN2O6S/c1-29(2,3)22-11-7-19(8-12-22)27(25-18-26(38-32-25)21-5-4-6-23(30)17-21)37-24-13-9-20(10-14-24)28(33)31-15-16-39(34,35)36/h4-11,13-14,17-18,22,27H,12,15-16H2,1-3H3,(H,31,33)(H,34,35,36). The van der Waals surface area contributed by atoms with Gasteiger partial charge in [-0.05, 0) is 59.7 Å². The van der Waals surface area contributed by atoms with E-state index in [9.17, 15) is 13.2 Å². The van der Waals surface area contributed by atoms with Crippen LogP contribution >= 0.6 is 15.9 Å². The summed E-state index contributed by atoms with van der Waals surface area (Å²) in [5.41, 5.74) is 2.91. The molecule has 10 heteroatoms. The van der Waals surface area contributed by atoms with Gasteiger partial charge in [-0.3, -0.25) is 9.35 Å². The van der Waals surface area contributed by atoms with Gasteiger partial charge in [-0.1, -0.05) is 72.2 Å². The van der Waals surface area contributed by atoms with Crippen LogP contribution < -0.4 is 10.1 Å². The number of carbonyl (C=O) groups excluding carboxylic acids is 1. The Bertz CT molecular complexity index is 1490. The predicted molar refractivity (Wildman–Crippen MR) is 153 cm³/mol. The minimum absolute atomic E-state index is 0.133. The Morgan fingerprint density at radius 1 is 1.21 bits per heavy atom. The maximum Gasteiger partial charge on any atom is 0.266 e. The highest BCUT2D eigenvalue weighted by Crippen LogP contribution is 2.38. The average molecular weight is 616 g/mol. The van der Waals surface area contributed by atoms with Gasteiger partial charge in [0, 0.05) is 28.2 Å². The number of rotatable bonds is 9. The van der Waals surface area contributed by atoms with E-state index in [-0.39, 0.29) is 12.0 Å². The van der Waals surface area contributed by atoms with Crippen molar-refractivity contribution in [2.24, 2.45) is 11.3 Å². The number of nitrogens with one attached hydrogen (secondary N) is 1. The average Bonchev–Trinajstić information content (AvgIpc) is 3.36. The molecule has 0 bridgehead atoms. The van der Waals surface area contributed by atoms with E-state index < -0.39 is 27.9 Å². The third kappa shape index (κ3) is 7.90. The molecule has 2 aromatic carbocycles. The summed E-state index contributed by atoms with van der Waals surface area (Å²) in [6.45, 7) is 6.46. The van der Waals surface area contributed by atoms with Gasteiger partial charge in [0.1, 0.15) is 11.4 Å². The molecule has 39 heavy (non-hydrogen) atoms. The van der Waals surface area contributed by atoms with Crippen molar-refractivity contribution in [1.82, 2.24) is 10.5 Å². The number of aromatic nitrogens is 1. The summed E-state index contributed by atoms with van der Waals surface area (Å²) in [5, 5.41) is 6.81. The van der Waals surface area contributed by atoms with Crippen LogP contribution in [0.15, 0.2) is 87.4 Å². The molecule has 0 spiro atoms. The van der Waals surface area contributed by atoms with E-state index in [1.54, 1.807) is 24.3 Å². The molecule has 0 aliphatic heterocycles. The molecule has 1 aromatic heterocycles. The molecule has 1 amide bonds. The molecule has 3 aromatic rings. The Labute approximate surface area is 237 Å². The quantitative estimate of drug-likeness (QED) is 0.268. The summed E-state index contributed by atoms with van der Waals surface area (Å²) >= 11 is 3.49. The van der Waals surface area contributed by atoms with Gasteiger partial charge in [-0.2, -0.15) is 8.42 Å². The first-order valence-electron chi connectivity index (χ1n) is 12.5. The Hall–Kier alpha value is -3.21. The molecule has 2 unspecified atom stereocenters. The molecule has 206 valence electrons. The summed E-state index contributed by atoms with van der Waals surface area (Å²) in [5.74, 6) is 0.525. The van der Waals surface area contributed by atoms with Crippen LogP contribution in [0.4, 0.5) is 0 Å². The summed E-state index contributed by atoms with van der Waals surface area (Å²) in [7, 11) is -4.15. The molecule has 0 saturated heterocycles. The summed E-state index contributed by atoms with van der Waals surface area (Å²) in [4.78, 5) is 12.3. The number of amides is 1. The largest absolute Gasteiger partial charge is 0.479 e. The van der Waals surface area contributed by atoms with Crippen LogP contribution in [0.1, 0.15) is 49.3 Å². The first kappa shape index (κ1) is 28.8. The van der Waals surface area contributed by atoms with Gasteiger partial charge in [-0.15, -0.1) is 0 Å². The van der Waals surface area contributed by atoms with Gasteiger partial charge >= 0.3 is 0 Å². The molecule has 0 saturated carbocycles. The molecule has 8 nitrogen and oxygen atoms in total. The van der Waals surface area contributed by atoms with Crippen molar-refractivity contribution in [3.8, 4) is 17.1 Å². The van der Waals surface area contributed by atoms with Crippen molar-refractivity contribution in [1.29, 1.82) is 0 Å². The van der Waals surface area contributed by atoms with Crippen molar-refractivity contribution in [2.75, 3.05) is 12.3 Å². The number of allylic oxidation sites excluding steroid dienone is 2. The SMILES string of the molecule is CC(C)(C)C1C=CC(C(Oc2ccc(C(=O)NCCS(=O)(=O)O)cc2)c2cc(-c3cccc(Br)c3)on2)=CC1. The molecule has 1 heterocycles. The molecule has 2 N–H and O–H groups in total. The lowest BCUT2D eigenvalue weighted by molar-refractivity contribution is 0.0956. The molecule has 4 rings (SSSR count). The fourth-order valence-corrected chi connectivity index (χ4v) is 4.94. The smallest absolute Gasteiger partial charge is 0.266 e. The number of hydrogen-bond acceptors (Lipinski definition) is 6. The maximum absolute atomic E-state index is 12.3. The topological polar surface area (TPSA) is 119 Å². The van der Waals surface area contributed by atoms with Crippen LogP contribution in [-0.4, -0.2) is 36.3 Å². The number of benzene rings is 2. The second kappa shape index (κ2) is 11.9. The zero-order valence-corrected chi connectivity index (χ0v) is 24.3. The van der Waals surface area contributed by atoms with Crippen molar-refractivity contribution in [3.05, 3.63) is 94.1 Å². The second-order valence-corrected chi connectivity index (χ2v) is 12.9. The van der Waals surface area contributed by atoms with Crippen LogP contribution in [0.25, 0.3) is 11.3 Å². The molecule has 2 atom stereocenters. The third-order valence-corrected chi connectivity index (χ3v) is 7.68. The van der Waals surface area contributed by atoms with Crippen LogP contribution in [-0.2, 0) is 10.1 Å². The van der Waals surface area contributed by atoms with E-state index >= 15 is 0 Å². The second-order valence-electron chi connectivity index (χ2n) is 10.5. The maximum atomic E-state index is 12.3. The van der Waals surface area contributed by atoms with Crippen LogP contribution in [0.3, 0.4) is 0 Å². The molecular formula is C29H31BrN2O6S. The highest BCUT2D eigenvalue weighted by molar-refractivity contribution is 9.10. The lowest BCUT2D eigenvalue weighted by Gasteiger charge is -2.30.